The average Bonchev–Trinajstić information content (AvgIpc) is 2.83. The Kier molecular flexibility index (Phi) is 3.50. The van der Waals surface area contributed by atoms with E-state index in [0.29, 0.717) is 27.7 Å². The molecule has 1 aliphatic rings. The maximum Gasteiger partial charge on any atom is 0.178 e. The third-order valence-corrected chi connectivity index (χ3v) is 6.35. The van der Waals surface area contributed by atoms with Crippen LogP contribution in [-0.4, -0.2) is 29.5 Å². The van der Waals surface area contributed by atoms with Crippen molar-refractivity contribution in [2.24, 2.45) is 5.92 Å². The molecule has 1 unspecified atom stereocenters. The van der Waals surface area contributed by atoms with Gasteiger partial charge < -0.3 is 9.55 Å². The highest BCUT2D eigenvalue weighted by Gasteiger charge is 2.28. The molecule has 0 bridgehead atoms. The van der Waals surface area contributed by atoms with Gasteiger partial charge in [0.05, 0.1) is 27.0 Å². The van der Waals surface area contributed by atoms with Gasteiger partial charge in [-0.25, -0.2) is 12.8 Å². The monoisotopic (exact) mass is 378 g/mol. The predicted octanol–water partition coefficient (Wildman–Crippen LogP) is 3.04. The van der Waals surface area contributed by atoms with E-state index < -0.39 is 9.84 Å². The number of sulfone groups is 1. The number of nitrogens with zero attached hydrogens (tertiary/aromatic N) is 1. The highest BCUT2D eigenvalue weighted by molar-refractivity contribution is 9.10. The van der Waals surface area contributed by atoms with Crippen LogP contribution in [0, 0.1) is 16.5 Å². The van der Waals surface area contributed by atoms with Crippen LogP contribution < -0.4 is 0 Å². The van der Waals surface area contributed by atoms with Crippen molar-refractivity contribution in [2.45, 2.75) is 13.0 Å². The molecule has 20 heavy (non-hydrogen) atoms. The zero-order chi connectivity index (χ0) is 14.5. The molecule has 2 aromatic rings. The lowest BCUT2D eigenvalue weighted by Crippen LogP contribution is -2.12. The summed E-state index contributed by atoms with van der Waals surface area (Å²) >= 11 is 8.41. The van der Waals surface area contributed by atoms with Crippen molar-refractivity contribution >= 4 is 49.0 Å². The van der Waals surface area contributed by atoms with Crippen LogP contribution in [0.3, 0.4) is 0 Å². The highest BCUT2D eigenvalue weighted by Crippen LogP contribution is 2.26. The molecule has 8 heteroatoms. The van der Waals surface area contributed by atoms with Gasteiger partial charge in [-0.1, -0.05) is 0 Å². The lowest BCUT2D eigenvalue weighted by Gasteiger charge is -2.10. The van der Waals surface area contributed by atoms with Crippen molar-refractivity contribution in [3.05, 3.63) is 27.2 Å². The van der Waals surface area contributed by atoms with E-state index in [0.717, 1.165) is 5.52 Å². The second-order valence-electron chi connectivity index (χ2n) is 5.09. The van der Waals surface area contributed by atoms with Crippen LogP contribution in [0.25, 0.3) is 11.0 Å². The van der Waals surface area contributed by atoms with E-state index in [-0.39, 0.29) is 23.2 Å². The van der Waals surface area contributed by atoms with E-state index in [1.807, 2.05) is 4.57 Å². The van der Waals surface area contributed by atoms with Gasteiger partial charge in [0.25, 0.3) is 0 Å². The molecule has 1 N–H and O–H groups in total. The van der Waals surface area contributed by atoms with Crippen molar-refractivity contribution in [3.8, 4) is 0 Å². The Hall–Kier alpha value is -0.730. The van der Waals surface area contributed by atoms with Gasteiger partial charge in [-0.15, -0.1) is 0 Å². The summed E-state index contributed by atoms with van der Waals surface area (Å²) in [5.74, 6) is 0.147. The van der Waals surface area contributed by atoms with Crippen LogP contribution in [0.2, 0.25) is 0 Å². The SMILES string of the molecule is O=S1(=O)CCC(Cn2c(=S)[nH]c3cc(F)c(Br)cc32)C1. The summed E-state index contributed by atoms with van der Waals surface area (Å²) in [5, 5.41) is 0. The number of aromatic amines is 1. The topological polar surface area (TPSA) is 54.9 Å². The van der Waals surface area contributed by atoms with Crippen molar-refractivity contribution < 1.29 is 12.8 Å². The second kappa shape index (κ2) is 4.92. The summed E-state index contributed by atoms with van der Waals surface area (Å²) in [7, 11) is -2.91. The van der Waals surface area contributed by atoms with Crippen molar-refractivity contribution in [1.29, 1.82) is 0 Å². The molecule has 0 amide bonds. The van der Waals surface area contributed by atoms with Crippen molar-refractivity contribution in [1.82, 2.24) is 9.55 Å². The molecular formula is C12H12BrFN2O2S2. The summed E-state index contributed by atoms with van der Waals surface area (Å²) in [4.78, 5) is 2.96. The molecule has 1 aromatic carbocycles. The molecule has 0 saturated carbocycles. The normalized spacial score (nSPS) is 21.6. The van der Waals surface area contributed by atoms with Gasteiger partial charge in [0, 0.05) is 12.6 Å². The largest absolute Gasteiger partial charge is 0.330 e. The minimum atomic E-state index is -2.91. The van der Waals surface area contributed by atoms with Crippen molar-refractivity contribution in [3.63, 3.8) is 0 Å². The molecule has 3 rings (SSSR count). The Balaban J connectivity index is 2.02. The van der Waals surface area contributed by atoms with E-state index in [1.54, 1.807) is 6.07 Å². The fourth-order valence-corrected chi connectivity index (χ4v) is 5.07. The maximum absolute atomic E-state index is 13.5. The average molecular weight is 379 g/mol. The van der Waals surface area contributed by atoms with Crippen LogP contribution >= 0.6 is 28.1 Å². The standard InChI is InChI=1S/C12H12BrFN2O2S2/c13-8-3-11-10(4-9(8)14)15-12(19)16(11)5-7-1-2-20(17,18)6-7/h3-4,7H,1-2,5-6H2,(H,15,19). The van der Waals surface area contributed by atoms with E-state index in [9.17, 15) is 12.8 Å². The zero-order valence-electron chi connectivity index (χ0n) is 10.4. The second-order valence-corrected chi connectivity index (χ2v) is 8.56. The fraction of sp³-hybridized carbons (Fsp3) is 0.417. The number of hydrogen-bond acceptors (Lipinski definition) is 3. The van der Waals surface area contributed by atoms with Gasteiger partial charge in [0.15, 0.2) is 14.6 Å². The minimum absolute atomic E-state index is 0.0644. The summed E-state index contributed by atoms with van der Waals surface area (Å²) < 4.78 is 39.2. The van der Waals surface area contributed by atoms with Gasteiger partial charge in [-0.3, -0.25) is 0 Å². The van der Waals surface area contributed by atoms with Gasteiger partial charge >= 0.3 is 0 Å². The first-order valence-electron chi connectivity index (χ1n) is 6.14. The number of H-pyrrole nitrogens is 1. The first-order chi connectivity index (χ1) is 9.35. The quantitative estimate of drug-likeness (QED) is 0.817. The van der Waals surface area contributed by atoms with Gasteiger partial charge in [0.1, 0.15) is 5.82 Å². The molecule has 1 fully saturated rings. The number of imidazole rings is 1. The number of halogens is 2. The molecule has 0 spiro atoms. The molecule has 1 saturated heterocycles. The minimum Gasteiger partial charge on any atom is -0.330 e. The van der Waals surface area contributed by atoms with E-state index in [1.165, 1.54) is 6.07 Å². The zero-order valence-corrected chi connectivity index (χ0v) is 13.6. The lowest BCUT2D eigenvalue weighted by atomic mass is 10.1. The first kappa shape index (κ1) is 14.2. The number of hydrogen-bond donors (Lipinski definition) is 1. The van der Waals surface area contributed by atoms with Crippen LogP contribution in [0.5, 0.6) is 0 Å². The third-order valence-electron chi connectivity index (χ3n) is 3.58. The van der Waals surface area contributed by atoms with Crippen LogP contribution in [-0.2, 0) is 16.4 Å². The van der Waals surface area contributed by atoms with Gasteiger partial charge in [-0.05, 0) is 46.6 Å². The molecule has 1 aromatic heterocycles. The summed E-state index contributed by atoms with van der Waals surface area (Å²) in [6.07, 6.45) is 0.652. The maximum atomic E-state index is 13.5. The highest BCUT2D eigenvalue weighted by atomic mass is 79.9. The molecule has 108 valence electrons. The lowest BCUT2D eigenvalue weighted by molar-refractivity contribution is 0.495. The van der Waals surface area contributed by atoms with Crippen LogP contribution in [0.15, 0.2) is 16.6 Å². The fourth-order valence-electron chi connectivity index (χ4n) is 2.61. The molecule has 0 radical (unpaired) electrons. The van der Waals surface area contributed by atoms with E-state index >= 15 is 0 Å². The molecule has 1 atom stereocenters. The molecule has 2 heterocycles. The van der Waals surface area contributed by atoms with Crippen LogP contribution in [0.4, 0.5) is 4.39 Å². The van der Waals surface area contributed by atoms with Gasteiger partial charge in [-0.2, -0.15) is 0 Å². The molecular weight excluding hydrogens is 367 g/mol. The number of rotatable bonds is 2. The molecule has 1 aliphatic heterocycles. The number of nitrogens with one attached hydrogen (secondary N) is 1. The first-order valence-corrected chi connectivity index (χ1v) is 9.16. The number of fused-ring (bicyclic) bond motifs is 1. The number of benzene rings is 1. The molecule has 0 aliphatic carbocycles. The molecule has 4 nitrogen and oxygen atoms in total. The van der Waals surface area contributed by atoms with Crippen LogP contribution in [0.1, 0.15) is 6.42 Å². The Morgan fingerprint density at radius 2 is 2.25 bits per heavy atom. The van der Waals surface area contributed by atoms with Gasteiger partial charge in [0.2, 0.25) is 0 Å². The number of aromatic nitrogens is 2. The van der Waals surface area contributed by atoms with E-state index in [4.69, 9.17) is 12.2 Å². The smallest absolute Gasteiger partial charge is 0.178 e. The Bertz CT molecular complexity index is 841. The Labute approximate surface area is 129 Å². The van der Waals surface area contributed by atoms with E-state index in [2.05, 4.69) is 20.9 Å². The summed E-state index contributed by atoms with van der Waals surface area (Å²) in [6.45, 7) is 0.538. The van der Waals surface area contributed by atoms with Crippen molar-refractivity contribution in [2.75, 3.05) is 11.5 Å². The third kappa shape index (κ3) is 2.56. The Morgan fingerprint density at radius 1 is 1.50 bits per heavy atom. The summed E-state index contributed by atoms with van der Waals surface area (Å²) in [5.41, 5.74) is 1.41. The summed E-state index contributed by atoms with van der Waals surface area (Å²) in [6, 6.07) is 3.05. The Morgan fingerprint density at radius 3 is 2.90 bits per heavy atom. The predicted molar refractivity (Wildman–Crippen MR) is 81.5 cm³/mol.